The number of nitrogens with one attached hydrogen (secondary N) is 2. The molecule has 0 aliphatic heterocycles. The number of aromatic amines is 2. The molecule has 3 rings (SSSR count). The minimum Gasteiger partial charge on any atom is -0.478 e. The minimum absolute atomic E-state index is 0.0835. The van der Waals surface area contributed by atoms with Crippen molar-refractivity contribution in [1.82, 2.24) is 15.2 Å². The SMILES string of the molecule is O=C(O)c1cn[nH]c1-c1c[nH]c2cc(F)ccc12. The molecular weight excluding hydrogens is 237 g/mol. The number of fused-ring (bicyclic) bond motifs is 1. The molecule has 0 unspecified atom stereocenters. The van der Waals surface area contributed by atoms with E-state index in [1.54, 1.807) is 12.3 Å². The number of benzene rings is 1. The van der Waals surface area contributed by atoms with Gasteiger partial charge in [-0.25, -0.2) is 9.18 Å². The van der Waals surface area contributed by atoms with Crippen LogP contribution in [0.5, 0.6) is 0 Å². The lowest BCUT2D eigenvalue weighted by Crippen LogP contribution is -1.96. The Hall–Kier alpha value is -2.63. The third-order valence-electron chi connectivity index (χ3n) is 2.78. The summed E-state index contributed by atoms with van der Waals surface area (Å²) in [5.74, 6) is -1.41. The summed E-state index contributed by atoms with van der Waals surface area (Å²) < 4.78 is 13.1. The second-order valence-corrected chi connectivity index (χ2v) is 3.86. The second-order valence-electron chi connectivity index (χ2n) is 3.86. The van der Waals surface area contributed by atoms with Gasteiger partial charge in [-0.15, -0.1) is 0 Å². The molecule has 0 atom stereocenters. The van der Waals surface area contributed by atoms with Crippen molar-refractivity contribution < 1.29 is 14.3 Å². The fourth-order valence-corrected chi connectivity index (χ4v) is 1.96. The van der Waals surface area contributed by atoms with Gasteiger partial charge in [0.05, 0.1) is 11.9 Å². The largest absolute Gasteiger partial charge is 0.478 e. The first-order valence-corrected chi connectivity index (χ1v) is 5.20. The highest BCUT2D eigenvalue weighted by Gasteiger charge is 2.17. The van der Waals surface area contributed by atoms with Gasteiger partial charge in [0.2, 0.25) is 0 Å². The number of carboxylic acid groups (broad SMARTS) is 1. The van der Waals surface area contributed by atoms with Crippen molar-refractivity contribution in [3.8, 4) is 11.3 Å². The second kappa shape index (κ2) is 3.69. The maximum Gasteiger partial charge on any atom is 0.339 e. The predicted octanol–water partition coefficient (Wildman–Crippen LogP) is 2.40. The molecule has 0 saturated carbocycles. The molecule has 0 radical (unpaired) electrons. The van der Waals surface area contributed by atoms with E-state index in [1.807, 2.05) is 0 Å². The van der Waals surface area contributed by atoms with Crippen LogP contribution in [0.25, 0.3) is 22.2 Å². The number of carboxylic acids is 1. The van der Waals surface area contributed by atoms with Gasteiger partial charge in [0.25, 0.3) is 0 Å². The Balaban J connectivity index is 2.26. The van der Waals surface area contributed by atoms with Crippen molar-refractivity contribution in [2.24, 2.45) is 0 Å². The standard InChI is InChI=1S/C12H8FN3O2/c13-6-1-2-7-8(4-14-10(7)3-6)11-9(12(17)18)5-15-16-11/h1-5,14H,(H,15,16)(H,17,18). The number of rotatable bonds is 2. The van der Waals surface area contributed by atoms with Crippen molar-refractivity contribution >= 4 is 16.9 Å². The van der Waals surface area contributed by atoms with E-state index < -0.39 is 5.97 Å². The van der Waals surface area contributed by atoms with E-state index in [2.05, 4.69) is 15.2 Å². The van der Waals surface area contributed by atoms with Crippen molar-refractivity contribution in [3.63, 3.8) is 0 Å². The first kappa shape index (κ1) is 10.5. The van der Waals surface area contributed by atoms with Crippen molar-refractivity contribution in [1.29, 1.82) is 0 Å². The van der Waals surface area contributed by atoms with Crippen molar-refractivity contribution in [3.05, 3.63) is 42.0 Å². The van der Waals surface area contributed by atoms with E-state index in [4.69, 9.17) is 5.11 Å². The molecule has 2 heterocycles. The van der Waals surface area contributed by atoms with Crippen LogP contribution in [0.1, 0.15) is 10.4 Å². The van der Waals surface area contributed by atoms with Gasteiger partial charge in [0.1, 0.15) is 11.4 Å². The van der Waals surface area contributed by atoms with E-state index in [9.17, 15) is 9.18 Å². The Labute approximate surface area is 100 Å². The number of aromatic carboxylic acids is 1. The molecule has 0 aliphatic rings. The van der Waals surface area contributed by atoms with Gasteiger partial charge in [-0.05, 0) is 18.2 Å². The van der Waals surface area contributed by atoms with Crippen LogP contribution in [0.4, 0.5) is 4.39 Å². The summed E-state index contributed by atoms with van der Waals surface area (Å²) >= 11 is 0. The minimum atomic E-state index is -1.06. The fraction of sp³-hybridized carbons (Fsp3) is 0. The first-order chi connectivity index (χ1) is 8.66. The molecule has 3 aromatic rings. The molecule has 0 amide bonds. The molecule has 90 valence electrons. The average Bonchev–Trinajstić information content (AvgIpc) is 2.92. The molecule has 0 bridgehead atoms. The fourth-order valence-electron chi connectivity index (χ4n) is 1.96. The molecule has 5 nitrogen and oxygen atoms in total. The topological polar surface area (TPSA) is 81.8 Å². The Morgan fingerprint density at radius 2 is 2.22 bits per heavy atom. The third-order valence-corrected chi connectivity index (χ3v) is 2.78. The molecule has 18 heavy (non-hydrogen) atoms. The number of hydrogen-bond acceptors (Lipinski definition) is 2. The smallest absolute Gasteiger partial charge is 0.339 e. The highest BCUT2D eigenvalue weighted by atomic mass is 19.1. The first-order valence-electron chi connectivity index (χ1n) is 5.20. The summed E-state index contributed by atoms with van der Waals surface area (Å²) in [7, 11) is 0. The molecule has 0 spiro atoms. The van der Waals surface area contributed by atoms with Crippen LogP contribution in [-0.4, -0.2) is 26.3 Å². The highest BCUT2D eigenvalue weighted by molar-refractivity contribution is 6.01. The van der Waals surface area contributed by atoms with Gasteiger partial charge in [0, 0.05) is 22.7 Å². The van der Waals surface area contributed by atoms with Crippen molar-refractivity contribution in [2.45, 2.75) is 0 Å². The van der Waals surface area contributed by atoms with Crippen LogP contribution in [-0.2, 0) is 0 Å². The van der Waals surface area contributed by atoms with Crippen LogP contribution < -0.4 is 0 Å². The van der Waals surface area contributed by atoms with Crippen LogP contribution in [0.15, 0.2) is 30.6 Å². The van der Waals surface area contributed by atoms with E-state index in [-0.39, 0.29) is 11.4 Å². The quantitative estimate of drug-likeness (QED) is 0.648. The monoisotopic (exact) mass is 245 g/mol. The lowest BCUT2D eigenvalue weighted by atomic mass is 10.1. The highest BCUT2D eigenvalue weighted by Crippen LogP contribution is 2.29. The molecule has 0 fully saturated rings. The molecular formula is C12H8FN3O2. The van der Waals surface area contributed by atoms with Crippen LogP contribution in [0.3, 0.4) is 0 Å². The predicted molar refractivity (Wildman–Crippen MR) is 62.8 cm³/mol. The van der Waals surface area contributed by atoms with Gasteiger partial charge < -0.3 is 10.1 Å². The summed E-state index contributed by atoms with van der Waals surface area (Å²) in [6.07, 6.45) is 2.88. The maximum atomic E-state index is 13.1. The van der Waals surface area contributed by atoms with Crippen LogP contribution in [0, 0.1) is 5.82 Å². The molecule has 0 saturated heterocycles. The van der Waals surface area contributed by atoms with Crippen molar-refractivity contribution in [2.75, 3.05) is 0 Å². The summed E-state index contributed by atoms with van der Waals surface area (Å²) in [6.45, 7) is 0. The zero-order valence-electron chi connectivity index (χ0n) is 9.07. The summed E-state index contributed by atoms with van der Waals surface area (Å²) in [6, 6.07) is 4.29. The summed E-state index contributed by atoms with van der Waals surface area (Å²) in [4.78, 5) is 13.9. The van der Waals surface area contributed by atoms with E-state index >= 15 is 0 Å². The molecule has 2 aromatic heterocycles. The Bertz CT molecular complexity index is 745. The van der Waals surface area contributed by atoms with Gasteiger partial charge in [0.15, 0.2) is 0 Å². The number of halogens is 1. The number of carbonyl (C=O) groups is 1. The normalized spacial score (nSPS) is 10.9. The number of aromatic nitrogens is 3. The number of H-pyrrole nitrogens is 2. The van der Waals surface area contributed by atoms with Gasteiger partial charge in [-0.2, -0.15) is 5.10 Å². The van der Waals surface area contributed by atoms with E-state index in [1.165, 1.54) is 18.3 Å². The summed E-state index contributed by atoms with van der Waals surface area (Å²) in [5, 5.41) is 16.2. The van der Waals surface area contributed by atoms with Gasteiger partial charge in [-0.3, -0.25) is 5.10 Å². The molecule has 0 aliphatic carbocycles. The van der Waals surface area contributed by atoms with Crippen LogP contribution >= 0.6 is 0 Å². The lowest BCUT2D eigenvalue weighted by molar-refractivity contribution is 0.0698. The summed E-state index contributed by atoms with van der Waals surface area (Å²) in [5.41, 5.74) is 1.75. The maximum absolute atomic E-state index is 13.1. The van der Waals surface area contributed by atoms with E-state index in [0.29, 0.717) is 16.8 Å². The molecule has 1 aromatic carbocycles. The lowest BCUT2D eigenvalue weighted by Gasteiger charge is -1.98. The van der Waals surface area contributed by atoms with Crippen LogP contribution in [0.2, 0.25) is 0 Å². The van der Waals surface area contributed by atoms with Gasteiger partial charge in [-0.1, -0.05) is 0 Å². The third kappa shape index (κ3) is 1.46. The Kier molecular flexibility index (Phi) is 2.16. The Morgan fingerprint density at radius 1 is 1.39 bits per heavy atom. The zero-order chi connectivity index (χ0) is 12.7. The number of hydrogen-bond donors (Lipinski definition) is 3. The average molecular weight is 245 g/mol. The van der Waals surface area contributed by atoms with E-state index in [0.717, 1.165) is 5.39 Å². The zero-order valence-corrected chi connectivity index (χ0v) is 9.07. The molecule has 6 heteroatoms. The molecule has 3 N–H and O–H groups in total. The van der Waals surface area contributed by atoms with Gasteiger partial charge >= 0.3 is 5.97 Å². The number of nitrogens with zero attached hydrogens (tertiary/aromatic N) is 1. The Morgan fingerprint density at radius 3 is 3.00 bits per heavy atom.